The van der Waals surface area contributed by atoms with Crippen molar-refractivity contribution in [2.75, 3.05) is 47.6 Å². The first-order chi connectivity index (χ1) is 37.8. The molecule has 5 aromatic rings. The summed E-state index contributed by atoms with van der Waals surface area (Å²) in [5.41, 5.74) is 6.46. The average Bonchev–Trinajstić information content (AvgIpc) is 3.80. The molecule has 4 atom stereocenters. The van der Waals surface area contributed by atoms with E-state index in [-0.39, 0.29) is 49.6 Å². The van der Waals surface area contributed by atoms with Crippen LogP contribution in [0.5, 0.6) is 28.7 Å². The van der Waals surface area contributed by atoms with Crippen molar-refractivity contribution in [1.82, 2.24) is 20.4 Å². The number of fused-ring (bicyclic) bond motifs is 1. The summed E-state index contributed by atoms with van der Waals surface area (Å²) in [4.78, 5) is 82.8. The molecule has 3 heterocycles. The van der Waals surface area contributed by atoms with Crippen molar-refractivity contribution >= 4 is 46.9 Å². The number of para-hydroxylation sites is 1. The lowest BCUT2D eigenvalue weighted by atomic mass is 9.90. The number of piperidine rings is 2. The number of amides is 5. The van der Waals surface area contributed by atoms with Gasteiger partial charge in [0.15, 0.2) is 18.1 Å². The molecule has 0 aromatic heterocycles. The van der Waals surface area contributed by atoms with Gasteiger partial charge >= 0.3 is 5.97 Å². The predicted molar refractivity (Wildman–Crippen MR) is 290 cm³/mol. The number of carbonyl (C=O) groups excluding carboxylic acids is 6. The molecule has 2 N–H and O–H groups in total. The predicted octanol–water partition coefficient (Wildman–Crippen LogP) is 9.26. The molecule has 2 fully saturated rings. The van der Waals surface area contributed by atoms with Gasteiger partial charge in [0.1, 0.15) is 35.4 Å². The molecule has 18 heteroatoms. The van der Waals surface area contributed by atoms with Crippen LogP contribution < -0.4 is 34.3 Å². The summed E-state index contributed by atoms with van der Waals surface area (Å²) < 4.78 is 35.2. The number of methoxy groups -OCH3 is 3. The summed E-state index contributed by atoms with van der Waals surface area (Å²) in [6.07, 6.45) is 3.54. The minimum Gasteiger partial charge on any atom is -0.496 e. The molecule has 0 aliphatic carbocycles. The smallest absolute Gasteiger partial charge is 0.329 e. The van der Waals surface area contributed by atoms with Crippen LogP contribution in [0.1, 0.15) is 114 Å². The molecule has 0 radical (unpaired) electrons. The van der Waals surface area contributed by atoms with Gasteiger partial charge in [-0.1, -0.05) is 49.4 Å². The number of ether oxygens (including phenoxy) is 6. The Bertz CT molecular complexity index is 3010. The number of rotatable bonds is 23. The summed E-state index contributed by atoms with van der Waals surface area (Å²) in [6, 6.07) is 27.5. The molecule has 5 aromatic carbocycles. The fourth-order valence-corrected chi connectivity index (χ4v) is 10.5. The third-order valence-electron chi connectivity index (χ3n) is 14.5. The van der Waals surface area contributed by atoms with Crippen LogP contribution in [-0.2, 0) is 41.7 Å². The largest absolute Gasteiger partial charge is 0.496 e. The monoisotopic (exact) mass is 1060 g/mol. The first kappa shape index (κ1) is 55.9. The molecule has 410 valence electrons. The van der Waals surface area contributed by atoms with E-state index in [0.29, 0.717) is 103 Å². The number of carbonyl (C=O) groups is 6. The van der Waals surface area contributed by atoms with E-state index in [1.165, 1.54) is 4.90 Å². The number of likely N-dealkylation sites (tertiary alicyclic amines) is 1. The van der Waals surface area contributed by atoms with Gasteiger partial charge in [-0.05, 0) is 142 Å². The first-order valence-corrected chi connectivity index (χ1v) is 26.6. The van der Waals surface area contributed by atoms with Crippen LogP contribution in [0.3, 0.4) is 0 Å². The maximum absolute atomic E-state index is 14.5. The van der Waals surface area contributed by atoms with E-state index in [2.05, 4.69) is 20.9 Å². The van der Waals surface area contributed by atoms with Gasteiger partial charge in [0.05, 0.1) is 45.2 Å². The number of aryl methyl sites for hydroxylation is 3. The Morgan fingerprint density at radius 1 is 0.808 bits per heavy atom. The van der Waals surface area contributed by atoms with Crippen LogP contribution in [0, 0.1) is 13.8 Å². The van der Waals surface area contributed by atoms with E-state index >= 15 is 0 Å². The number of nitrogens with one attached hydrogen (secondary N) is 2. The molecule has 8 rings (SSSR count). The van der Waals surface area contributed by atoms with Crippen LogP contribution in [0.25, 0.3) is 0 Å². The second kappa shape index (κ2) is 26.2. The number of imide groups is 1. The maximum Gasteiger partial charge on any atom is 0.329 e. The Hall–Kier alpha value is -8.28. The molecular formula is C60H68N6O12. The summed E-state index contributed by atoms with van der Waals surface area (Å²) in [7, 11) is 4.79. The second-order valence-corrected chi connectivity index (χ2v) is 19.6. The first-order valence-electron chi connectivity index (χ1n) is 26.6. The zero-order valence-electron chi connectivity index (χ0n) is 45.1. The number of azo groups is 1. The summed E-state index contributed by atoms with van der Waals surface area (Å²) in [5.74, 6) is 0.408. The standard InChI is InChI=1S/C60H68N6O12/c1-7-43(40-32-37(2)56(75-6)38(3)33-40)58(70)65-30-11-10-17-49(65)60(72)78-51(26-19-39-20-27-52(73-4)53(34-39)74-5)45-14-8-9-18-50(45)77-36-55(68)61-29-13-31-76-42-23-21-41(22-24-42)63-64-47-16-12-15-44-46(47)35-66(59(44)71)48-25-28-54(67)62-57(48)69/h8-9,12,14-16,18,20-24,27,32-34,43,48-49,51H,7,10-11,13,17,19,25-26,28-31,35-36H2,1-6H3,(H,61,68)(H,62,67,69)/t43-,48?,49-,51+/m0/s1. The lowest BCUT2D eigenvalue weighted by Crippen LogP contribution is -2.52. The molecule has 1 unspecified atom stereocenters. The molecule has 2 saturated heterocycles. The van der Waals surface area contributed by atoms with E-state index in [0.717, 1.165) is 40.8 Å². The van der Waals surface area contributed by atoms with E-state index in [1.54, 1.807) is 80.8 Å². The van der Waals surface area contributed by atoms with Crippen molar-refractivity contribution in [3.05, 3.63) is 136 Å². The highest BCUT2D eigenvalue weighted by atomic mass is 16.5. The molecule has 5 amide bonds. The zero-order valence-corrected chi connectivity index (χ0v) is 45.1. The number of esters is 1. The molecule has 3 aliphatic heterocycles. The number of benzene rings is 5. The SMILES string of the molecule is CC[C@H](C(=O)N1CCCC[C@H]1C(=O)O[C@H](CCc1ccc(OC)c(OC)c1)c1ccccc1OCC(=O)NCCCOc1ccc(N=Nc2cccc3c2CN(C2CCC(=O)NC2=O)C3=O)cc1)c1cc(C)c(OC)c(C)c1. The third-order valence-corrected chi connectivity index (χ3v) is 14.5. The molecule has 78 heavy (non-hydrogen) atoms. The number of nitrogens with zero attached hydrogens (tertiary/aromatic N) is 4. The lowest BCUT2D eigenvalue weighted by molar-refractivity contribution is -0.162. The normalized spacial score (nSPS) is 17.0. The van der Waals surface area contributed by atoms with Crippen LogP contribution in [0.4, 0.5) is 11.4 Å². The number of hydrogen-bond acceptors (Lipinski definition) is 14. The molecule has 3 aliphatic rings. The van der Waals surface area contributed by atoms with Crippen LogP contribution in [0.2, 0.25) is 0 Å². The van der Waals surface area contributed by atoms with Crippen LogP contribution in [-0.4, -0.2) is 105 Å². The van der Waals surface area contributed by atoms with Gasteiger partial charge in [0.2, 0.25) is 17.7 Å². The maximum atomic E-state index is 14.5. The van der Waals surface area contributed by atoms with E-state index in [9.17, 15) is 28.8 Å². The second-order valence-electron chi connectivity index (χ2n) is 19.6. The van der Waals surface area contributed by atoms with Crippen LogP contribution in [0.15, 0.2) is 107 Å². The minimum absolute atomic E-state index is 0.113. The van der Waals surface area contributed by atoms with Crippen molar-refractivity contribution in [2.45, 2.75) is 109 Å². The Balaban J connectivity index is 0.861. The Kier molecular flexibility index (Phi) is 18.8. The Morgan fingerprint density at radius 2 is 1.58 bits per heavy atom. The van der Waals surface area contributed by atoms with E-state index < -0.39 is 36.0 Å². The van der Waals surface area contributed by atoms with Crippen molar-refractivity contribution in [2.24, 2.45) is 10.2 Å². The molecular weight excluding hydrogens is 997 g/mol. The van der Waals surface area contributed by atoms with Gasteiger partial charge in [-0.15, -0.1) is 0 Å². The lowest BCUT2D eigenvalue weighted by Gasteiger charge is -2.37. The van der Waals surface area contributed by atoms with Gasteiger partial charge < -0.3 is 43.5 Å². The van der Waals surface area contributed by atoms with Crippen molar-refractivity contribution in [1.29, 1.82) is 0 Å². The Morgan fingerprint density at radius 3 is 2.31 bits per heavy atom. The molecule has 0 saturated carbocycles. The topological polar surface area (TPSA) is 213 Å². The highest BCUT2D eigenvalue weighted by molar-refractivity contribution is 6.06. The van der Waals surface area contributed by atoms with Gasteiger partial charge in [-0.2, -0.15) is 10.2 Å². The van der Waals surface area contributed by atoms with Gasteiger partial charge in [0.25, 0.3) is 11.8 Å². The number of hydrogen-bond donors (Lipinski definition) is 2. The zero-order chi connectivity index (χ0) is 55.3. The summed E-state index contributed by atoms with van der Waals surface area (Å²) >= 11 is 0. The fraction of sp³-hybridized carbons (Fsp3) is 0.400. The molecule has 0 bridgehead atoms. The minimum atomic E-state index is -0.802. The van der Waals surface area contributed by atoms with Crippen molar-refractivity contribution in [3.8, 4) is 28.7 Å². The fourth-order valence-electron chi connectivity index (χ4n) is 10.5. The summed E-state index contributed by atoms with van der Waals surface area (Å²) in [6.45, 7) is 6.88. The third kappa shape index (κ3) is 13.3. The summed E-state index contributed by atoms with van der Waals surface area (Å²) in [5, 5.41) is 14.0. The van der Waals surface area contributed by atoms with Crippen molar-refractivity contribution in [3.63, 3.8) is 0 Å². The Labute approximate surface area is 454 Å². The average molecular weight is 1070 g/mol. The highest BCUT2D eigenvalue weighted by Crippen LogP contribution is 2.38. The molecule has 0 spiro atoms. The van der Waals surface area contributed by atoms with Crippen molar-refractivity contribution < 1.29 is 57.2 Å². The molecule has 18 nitrogen and oxygen atoms in total. The van der Waals surface area contributed by atoms with E-state index in [1.807, 2.05) is 63.2 Å². The van der Waals surface area contributed by atoms with Gasteiger partial charge in [0, 0.05) is 42.7 Å². The quantitative estimate of drug-likeness (QED) is 0.0271. The highest BCUT2D eigenvalue weighted by Gasteiger charge is 2.41. The van der Waals surface area contributed by atoms with E-state index in [4.69, 9.17) is 28.4 Å². The van der Waals surface area contributed by atoms with Gasteiger partial charge in [-0.3, -0.25) is 29.3 Å². The van der Waals surface area contributed by atoms with Gasteiger partial charge in [-0.25, -0.2) is 4.79 Å². The van der Waals surface area contributed by atoms with Crippen LogP contribution >= 0.6 is 0 Å².